The third kappa shape index (κ3) is 2.11. The number of amides is 2. The second-order valence-electron chi connectivity index (χ2n) is 5.69. The fourth-order valence-corrected chi connectivity index (χ4v) is 3.23. The lowest BCUT2D eigenvalue weighted by Crippen LogP contribution is -2.23. The average Bonchev–Trinajstić information content (AvgIpc) is 2.90. The number of H-pyrrole nitrogens is 1. The molecule has 0 saturated carbocycles. The molecule has 6 nitrogen and oxygen atoms in total. The van der Waals surface area contributed by atoms with Gasteiger partial charge in [0.25, 0.3) is 5.91 Å². The minimum Gasteiger partial charge on any atom is -0.354 e. The Morgan fingerprint density at radius 2 is 1.88 bits per heavy atom. The van der Waals surface area contributed by atoms with Crippen LogP contribution in [0.4, 0.5) is 0 Å². The summed E-state index contributed by atoms with van der Waals surface area (Å²) in [5.74, 6) is -0.851. The van der Waals surface area contributed by atoms with E-state index in [1.807, 2.05) is 18.2 Å². The van der Waals surface area contributed by atoms with Crippen LogP contribution in [0.2, 0.25) is 0 Å². The lowest BCUT2D eigenvalue weighted by molar-refractivity contribution is 0.0955. The largest absolute Gasteiger partial charge is 0.354 e. The van der Waals surface area contributed by atoms with Crippen molar-refractivity contribution in [3.8, 4) is 11.3 Å². The normalized spacial score (nSPS) is 13.4. The van der Waals surface area contributed by atoms with Crippen LogP contribution in [-0.4, -0.2) is 23.3 Å². The molecule has 0 unspecified atom stereocenters. The number of hydrogen-bond acceptors (Lipinski definition) is 3. The number of aromatic nitrogens is 1. The molecule has 2 aromatic carbocycles. The first-order valence-electron chi connectivity index (χ1n) is 7.59. The van der Waals surface area contributed by atoms with Crippen molar-refractivity contribution in [3.05, 3.63) is 64.1 Å². The van der Waals surface area contributed by atoms with Crippen molar-refractivity contribution in [2.24, 2.45) is 5.18 Å². The molecule has 6 heteroatoms. The van der Waals surface area contributed by atoms with Gasteiger partial charge < -0.3 is 10.3 Å². The van der Waals surface area contributed by atoms with Gasteiger partial charge in [-0.25, -0.2) is 0 Å². The Balaban J connectivity index is 1.90. The molecule has 3 aromatic rings. The summed E-state index contributed by atoms with van der Waals surface area (Å²) in [6.45, 7) is 0.569. The van der Waals surface area contributed by atoms with E-state index in [0.717, 1.165) is 27.7 Å². The maximum Gasteiger partial charge on any atom is 0.316 e. The van der Waals surface area contributed by atoms with Crippen LogP contribution < -0.4 is 5.32 Å². The van der Waals surface area contributed by atoms with Crippen molar-refractivity contribution < 1.29 is 9.59 Å². The van der Waals surface area contributed by atoms with E-state index in [0.29, 0.717) is 18.5 Å². The van der Waals surface area contributed by atoms with Gasteiger partial charge in [0.05, 0.1) is 0 Å². The lowest BCUT2D eigenvalue weighted by Gasteiger charge is -2.04. The zero-order valence-electron chi connectivity index (χ0n) is 12.6. The number of carbonyl (C=O) groups is 2. The summed E-state index contributed by atoms with van der Waals surface area (Å²) in [6, 6.07) is 12.3. The lowest BCUT2D eigenvalue weighted by atomic mass is 10.00. The molecule has 1 aliphatic heterocycles. The van der Waals surface area contributed by atoms with Crippen LogP contribution in [0.1, 0.15) is 26.3 Å². The minimum atomic E-state index is -0.784. The van der Waals surface area contributed by atoms with Crippen LogP contribution in [0, 0.1) is 4.91 Å². The molecule has 2 heterocycles. The van der Waals surface area contributed by atoms with Gasteiger partial charge in [-0.2, -0.15) is 0 Å². The maximum absolute atomic E-state index is 12.2. The monoisotopic (exact) mass is 319 g/mol. The summed E-state index contributed by atoms with van der Waals surface area (Å²) >= 11 is 0. The molecule has 0 saturated heterocycles. The van der Waals surface area contributed by atoms with Crippen molar-refractivity contribution in [1.29, 1.82) is 0 Å². The molecule has 4 rings (SSSR count). The highest BCUT2D eigenvalue weighted by Gasteiger charge is 2.22. The summed E-state index contributed by atoms with van der Waals surface area (Å²) in [6.07, 6.45) is 0.717. The first kappa shape index (κ1) is 14.3. The van der Waals surface area contributed by atoms with Crippen LogP contribution in [0.3, 0.4) is 0 Å². The quantitative estimate of drug-likeness (QED) is 0.711. The molecule has 0 aliphatic carbocycles. The molecule has 0 radical (unpaired) electrons. The molecule has 0 bridgehead atoms. The minimum absolute atomic E-state index is 0.0668. The predicted molar refractivity (Wildman–Crippen MR) is 89.9 cm³/mol. The van der Waals surface area contributed by atoms with Gasteiger partial charge in [-0.1, -0.05) is 18.2 Å². The highest BCUT2D eigenvalue weighted by Crippen LogP contribution is 2.34. The van der Waals surface area contributed by atoms with Gasteiger partial charge in [-0.15, -0.1) is 4.91 Å². The van der Waals surface area contributed by atoms with E-state index in [-0.39, 0.29) is 11.5 Å². The second kappa shape index (κ2) is 5.42. The van der Waals surface area contributed by atoms with E-state index in [1.54, 1.807) is 24.3 Å². The number of benzene rings is 2. The predicted octanol–water partition coefficient (Wildman–Crippen LogP) is 3.03. The van der Waals surface area contributed by atoms with Crippen LogP contribution in [-0.2, 0) is 6.42 Å². The molecule has 0 fully saturated rings. The Labute approximate surface area is 136 Å². The number of nitrogens with zero attached hydrogens (tertiary/aromatic N) is 1. The Bertz CT molecular complexity index is 987. The van der Waals surface area contributed by atoms with Crippen molar-refractivity contribution in [2.45, 2.75) is 6.42 Å². The molecule has 0 atom stereocenters. The molecule has 2 amide bonds. The molecule has 1 aromatic heterocycles. The van der Waals surface area contributed by atoms with Gasteiger partial charge in [-0.3, -0.25) is 9.59 Å². The fraction of sp³-hybridized carbons (Fsp3) is 0.111. The van der Waals surface area contributed by atoms with E-state index in [9.17, 15) is 14.5 Å². The Morgan fingerprint density at radius 3 is 2.62 bits per heavy atom. The number of carbonyl (C=O) groups excluding carboxylic acids is 2. The van der Waals surface area contributed by atoms with Gasteiger partial charge in [0.15, 0.2) is 0 Å². The first-order chi connectivity index (χ1) is 11.7. The Kier molecular flexibility index (Phi) is 3.23. The first-order valence-corrected chi connectivity index (χ1v) is 7.59. The van der Waals surface area contributed by atoms with Crippen LogP contribution >= 0.6 is 0 Å². The third-order valence-electron chi connectivity index (χ3n) is 4.34. The number of hydrogen-bond donors (Lipinski definition) is 2. The molecule has 1 aliphatic rings. The zero-order chi connectivity index (χ0) is 16.7. The van der Waals surface area contributed by atoms with Gasteiger partial charge in [-0.05, 0) is 41.8 Å². The number of nitroso groups, excluding NO2 is 1. The summed E-state index contributed by atoms with van der Waals surface area (Å²) in [7, 11) is 0. The van der Waals surface area contributed by atoms with Crippen molar-refractivity contribution in [2.75, 3.05) is 6.54 Å². The SMILES string of the molecule is O=NC(=O)c1ccc(-c2[nH]c3cccc4c3c2CCNC4=O)cc1. The van der Waals surface area contributed by atoms with E-state index in [1.165, 1.54) is 0 Å². The van der Waals surface area contributed by atoms with Gasteiger partial charge in [0, 0.05) is 39.4 Å². The average molecular weight is 319 g/mol. The van der Waals surface area contributed by atoms with Crippen LogP contribution in [0.25, 0.3) is 22.2 Å². The molecule has 118 valence electrons. The number of nitrogens with one attached hydrogen (secondary N) is 2. The fourth-order valence-electron chi connectivity index (χ4n) is 3.23. The summed E-state index contributed by atoms with van der Waals surface area (Å²) in [5.41, 5.74) is 4.72. The highest BCUT2D eigenvalue weighted by atomic mass is 16.3. The topological polar surface area (TPSA) is 91.4 Å². The van der Waals surface area contributed by atoms with Gasteiger partial charge >= 0.3 is 5.91 Å². The third-order valence-corrected chi connectivity index (χ3v) is 4.34. The van der Waals surface area contributed by atoms with E-state index in [4.69, 9.17) is 0 Å². The molecular formula is C18H13N3O3. The van der Waals surface area contributed by atoms with E-state index >= 15 is 0 Å². The van der Waals surface area contributed by atoms with E-state index < -0.39 is 5.91 Å². The molecule has 24 heavy (non-hydrogen) atoms. The zero-order valence-corrected chi connectivity index (χ0v) is 12.6. The van der Waals surface area contributed by atoms with Gasteiger partial charge in [0.2, 0.25) is 0 Å². The Hall–Kier alpha value is -3.28. The van der Waals surface area contributed by atoms with Crippen LogP contribution in [0.15, 0.2) is 47.6 Å². The molecule has 2 N–H and O–H groups in total. The summed E-state index contributed by atoms with van der Waals surface area (Å²) in [5, 5.41) is 6.27. The van der Waals surface area contributed by atoms with Crippen molar-refractivity contribution >= 4 is 22.7 Å². The number of aromatic amines is 1. The van der Waals surface area contributed by atoms with Gasteiger partial charge in [0.1, 0.15) is 0 Å². The number of rotatable bonds is 2. The summed E-state index contributed by atoms with van der Waals surface area (Å²) < 4.78 is 0. The Morgan fingerprint density at radius 1 is 1.08 bits per heavy atom. The standard InChI is InChI=1S/C18H13N3O3/c22-17(21-24)11-6-4-10(5-7-11)16-12-8-9-19-18(23)13-2-1-3-14(20-16)15(12)13/h1-7,20H,8-9H2,(H,19,23). The van der Waals surface area contributed by atoms with E-state index in [2.05, 4.69) is 15.5 Å². The second-order valence-corrected chi connectivity index (χ2v) is 5.69. The molecule has 0 spiro atoms. The summed E-state index contributed by atoms with van der Waals surface area (Å²) in [4.78, 5) is 37.2. The smallest absolute Gasteiger partial charge is 0.316 e. The van der Waals surface area contributed by atoms with Crippen LogP contribution in [0.5, 0.6) is 0 Å². The maximum atomic E-state index is 12.2. The van der Waals surface area contributed by atoms with Crippen molar-refractivity contribution in [1.82, 2.24) is 10.3 Å². The van der Waals surface area contributed by atoms with Crippen molar-refractivity contribution in [3.63, 3.8) is 0 Å². The molecular weight excluding hydrogens is 306 g/mol. The highest BCUT2D eigenvalue weighted by molar-refractivity contribution is 6.10.